The van der Waals surface area contributed by atoms with Crippen molar-refractivity contribution in [1.82, 2.24) is 10.6 Å². The number of ether oxygens (including phenoxy) is 5. The minimum absolute atomic E-state index is 0.0215. The zero-order chi connectivity index (χ0) is 27.5. The zero-order valence-corrected chi connectivity index (χ0v) is 22.4. The van der Waals surface area contributed by atoms with E-state index in [0.717, 1.165) is 0 Å². The molecular formula is C25H40N2O9. The number of carbonyl (C=O) groups excluding carboxylic acids is 3. The molecule has 1 aromatic carbocycles. The lowest BCUT2D eigenvalue weighted by atomic mass is 9.99. The third kappa shape index (κ3) is 10.2. The van der Waals surface area contributed by atoms with E-state index in [0.29, 0.717) is 22.8 Å². The van der Waals surface area contributed by atoms with Gasteiger partial charge in [-0.25, -0.2) is 9.59 Å². The molecule has 3 N–H and O–H groups in total. The van der Waals surface area contributed by atoms with E-state index < -0.39 is 42.1 Å². The highest BCUT2D eigenvalue weighted by Crippen LogP contribution is 2.34. The van der Waals surface area contributed by atoms with Crippen LogP contribution in [0.5, 0.6) is 17.2 Å². The van der Waals surface area contributed by atoms with Crippen LogP contribution in [0.2, 0.25) is 0 Å². The third-order valence-corrected chi connectivity index (χ3v) is 4.90. The number of carbonyl (C=O) groups is 3. The van der Waals surface area contributed by atoms with Gasteiger partial charge in [0, 0.05) is 12.1 Å². The number of aliphatic hydroxyl groups excluding tert-OH is 1. The highest BCUT2D eigenvalue weighted by molar-refractivity contribution is 5.84. The zero-order valence-electron chi connectivity index (χ0n) is 22.4. The maximum atomic E-state index is 12.9. The molecule has 0 heterocycles. The maximum Gasteiger partial charge on any atom is 0.408 e. The van der Waals surface area contributed by atoms with E-state index in [1.807, 2.05) is 13.8 Å². The molecule has 0 aliphatic rings. The standard InChI is InChI=1S/C25H40N2O9/c1-15(2)14-35-23(30)19(27-24(31)36-25(3,4)5)9-16(13-28)22(29)26-12-18-20(33-7)10-17(32-6)11-21(18)34-8/h10-11,15-16,19,28H,9,12-14H2,1-8H3,(H,26,29)(H,27,31)/t16?,19-/m0/s1. The van der Waals surface area contributed by atoms with Gasteiger partial charge in [0.15, 0.2) is 0 Å². The SMILES string of the molecule is COc1cc(OC)c(CNC(=O)C(CO)C[C@H](NC(=O)OC(C)(C)C)C(=O)OCC(C)C)c(OC)c1. The lowest BCUT2D eigenvalue weighted by molar-refractivity contribution is -0.148. The first-order valence-corrected chi connectivity index (χ1v) is 11.7. The van der Waals surface area contributed by atoms with E-state index in [9.17, 15) is 19.5 Å². The number of rotatable bonds is 13. The number of nitrogens with one attached hydrogen (secondary N) is 2. The molecule has 1 aromatic rings. The van der Waals surface area contributed by atoms with Crippen LogP contribution in [0, 0.1) is 11.8 Å². The van der Waals surface area contributed by atoms with Crippen LogP contribution in [-0.4, -0.2) is 69.3 Å². The van der Waals surface area contributed by atoms with E-state index >= 15 is 0 Å². The Kier molecular flexibility index (Phi) is 12.3. The second-order valence-corrected chi connectivity index (χ2v) is 9.57. The van der Waals surface area contributed by atoms with Crippen LogP contribution in [0.4, 0.5) is 4.79 Å². The van der Waals surface area contributed by atoms with Gasteiger partial charge in [0.05, 0.1) is 52.6 Å². The van der Waals surface area contributed by atoms with Crippen LogP contribution < -0.4 is 24.8 Å². The third-order valence-electron chi connectivity index (χ3n) is 4.90. The Balaban J connectivity index is 3.01. The minimum atomic E-state index is -1.20. The fraction of sp³-hybridized carbons (Fsp3) is 0.640. The summed E-state index contributed by atoms with van der Waals surface area (Å²) in [6.45, 7) is 8.39. The smallest absolute Gasteiger partial charge is 0.408 e. The molecule has 0 fully saturated rings. The van der Waals surface area contributed by atoms with E-state index in [-0.39, 0.29) is 25.5 Å². The second-order valence-electron chi connectivity index (χ2n) is 9.57. The number of amides is 2. The largest absolute Gasteiger partial charge is 0.496 e. The van der Waals surface area contributed by atoms with Crippen LogP contribution >= 0.6 is 0 Å². The molecule has 0 saturated heterocycles. The monoisotopic (exact) mass is 512 g/mol. The van der Waals surface area contributed by atoms with Gasteiger partial charge in [-0.1, -0.05) is 13.8 Å². The molecule has 0 bridgehead atoms. The van der Waals surface area contributed by atoms with Gasteiger partial charge in [-0.3, -0.25) is 4.79 Å². The normalized spacial score (nSPS) is 12.8. The van der Waals surface area contributed by atoms with Crippen LogP contribution in [0.3, 0.4) is 0 Å². The summed E-state index contributed by atoms with van der Waals surface area (Å²) in [5, 5.41) is 15.1. The Morgan fingerprint density at radius 3 is 2.03 bits per heavy atom. The molecule has 1 rings (SSSR count). The topological polar surface area (TPSA) is 142 Å². The molecule has 1 unspecified atom stereocenters. The fourth-order valence-corrected chi connectivity index (χ4v) is 3.13. The Morgan fingerprint density at radius 1 is 1.00 bits per heavy atom. The summed E-state index contributed by atoms with van der Waals surface area (Å²) < 4.78 is 26.5. The maximum absolute atomic E-state index is 12.9. The first kappa shape index (κ1) is 30.8. The van der Waals surface area contributed by atoms with Crippen LogP contribution in [-0.2, 0) is 25.6 Å². The van der Waals surface area contributed by atoms with Crippen LogP contribution in [0.15, 0.2) is 12.1 Å². The van der Waals surface area contributed by atoms with E-state index in [1.54, 1.807) is 32.9 Å². The number of esters is 1. The van der Waals surface area contributed by atoms with Crippen molar-refractivity contribution in [2.45, 2.75) is 59.2 Å². The van der Waals surface area contributed by atoms with Crippen molar-refractivity contribution in [3.05, 3.63) is 17.7 Å². The van der Waals surface area contributed by atoms with Gasteiger partial charge in [0.2, 0.25) is 5.91 Å². The highest BCUT2D eigenvalue weighted by atomic mass is 16.6. The molecule has 0 aromatic heterocycles. The number of alkyl carbamates (subject to hydrolysis) is 1. The van der Waals surface area contributed by atoms with Gasteiger partial charge in [-0.05, 0) is 33.1 Å². The highest BCUT2D eigenvalue weighted by Gasteiger charge is 2.31. The van der Waals surface area contributed by atoms with Crippen molar-refractivity contribution >= 4 is 18.0 Å². The predicted molar refractivity (Wildman–Crippen MR) is 132 cm³/mol. The van der Waals surface area contributed by atoms with Crippen molar-refractivity contribution in [2.75, 3.05) is 34.5 Å². The van der Waals surface area contributed by atoms with Crippen LogP contribution in [0.25, 0.3) is 0 Å². The van der Waals surface area contributed by atoms with Gasteiger partial charge in [-0.2, -0.15) is 0 Å². The van der Waals surface area contributed by atoms with Crippen molar-refractivity contribution in [1.29, 1.82) is 0 Å². The van der Waals surface area contributed by atoms with Gasteiger partial charge < -0.3 is 39.4 Å². The van der Waals surface area contributed by atoms with Crippen molar-refractivity contribution in [3.8, 4) is 17.2 Å². The summed E-state index contributed by atoms with van der Waals surface area (Å²) in [5.74, 6) is -0.816. The number of hydrogen-bond donors (Lipinski definition) is 3. The molecule has 2 amide bonds. The van der Waals surface area contributed by atoms with E-state index in [1.165, 1.54) is 21.3 Å². The molecule has 11 heteroatoms. The molecule has 0 saturated carbocycles. The summed E-state index contributed by atoms with van der Waals surface area (Å²) in [7, 11) is 4.47. The molecular weight excluding hydrogens is 472 g/mol. The van der Waals surface area contributed by atoms with Gasteiger partial charge >= 0.3 is 12.1 Å². The minimum Gasteiger partial charge on any atom is -0.496 e. The van der Waals surface area contributed by atoms with Gasteiger partial charge in [0.25, 0.3) is 0 Å². The summed E-state index contributed by atoms with van der Waals surface area (Å²) in [6.07, 6.45) is -1.03. The molecule has 204 valence electrons. The summed E-state index contributed by atoms with van der Waals surface area (Å²) in [4.78, 5) is 37.9. The Hall–Kier alpha value is -3.21. The quantitative estimate of drug-likeness (QED) is 0.340. The van der Waals surface area contributed by atoms with E-state index in [2.05, 4.69) is 10.6 Å². The number of hydrogen-bond acceptors (Lipinski definition) is 9. The number of aliphatic hydroxyl groups is 1. The lowest BCUT2D eigenvalue weighted by Crippen LogP contribution is -2.47. The lowest BCUT2D eigenvalue weighted by Gasteiger charge is -2.25. The molecule has 2 atom stereocenters. The molecule has 0 aliphatic carbocycles. The first-order chi connectivity index (χ1) is 16.8. The predicted octanol–water partition coefficient (Wildman–Crippen LogP) is 2.42. The molecule has 0 radical (unpaired) electrons. The second kappa shape index (κ2) is 14.4. The van der Waals surface area contributed by atoms with Gasteiger partial charge in [0.1, 0.15) is 28.9 Å². The molecule has 36 heavy (non-hydrogen) atoms. The van der Waals surface area contributed by atoms with Crippen molar-refractivity contribution in [3.63, 3.8) is 0 Å². The number of benzene rings is 1. The van der Waals surface area contributed by atoms with Crippen molar-refractivity contribution in [2.24, 2.45) is 11.8 Å². The number of methoxy groups -OCH3 is 3. The Bertz CT molecular complexity index is 856. The Morgan fingerprint density at radius 2 is 1.58 bits per heavy atom. The first-order valence-electron chi connectivity index (χ1n) is 11.7. The fourth-order valence-electron chi connectivity index (χ4n) is 3.13. The average Bonchev–Trinajstić information content (AvgIpc) is 2.81. The van der Waals surface area contributed by atoms with Crippen LogP contribution in [0.1, 0.15) is 46.6 Å². The summed E-state index contributed by atoms with van der Waals surface area (Å²) in [6, 6.07) is 2.10. The average molecular weight is 513 g/mol. The molecule has 0 spiro atoms. The molecule has 0 aliphatic heterocycles. The Labute approximate surface area is 212 Å². The summed E-state index contributed by atoms with van der Waals surface area (Å²) >= 11 is 0. The summed E-state index contributed by atoms with van der Waals surface area (Å²) in [5.41, 5.74) is -0.230. The molecule has 11 nitrogen and oxygen atoms in total. The van der Waals surface area contributed by atoms with Gasteiger partial charge in [-0.15, -0.1) is 0 Å². The van der Waals surface area contributed by atoms with E-state index in [4.69, 9.17) is 23.7 Å². The van der Waals surface area contributed by atoms with Crippen molar-refractivity contribution < 1.29 is 43.2 Å².